The van der Waals surface area contributed by atoms with Crippen molar-refractivity contribution in [2.75, 3.05) is 14.1 Å². The molecule has 0 aromatic heterocycles. The minimum atomic E-state index is 0.308. The van der Waals surface area contributed by atoms with Gasteiger partial charge in [0, 0.05) is 12.1 Å². The van der Waals surface area contributed by atoms with Crippen molar-refractivity contribution in [1.29, 1.82) is 0 Å². The van der Waals surface area contributed by atoms with Gasteiger partial charge in [-0.15, -0.1) is 0 Å². The van der Waals surface area contributed by atoms with Crippen molar-refractivity contribution in [2.24, 2.45) is 5.73 Å². The van der Waals surface area contributed by atoms with E-state index >= 15 is 0 Å². The van der Waals surface area contributed by atoms with Crippen LogP contribution < -0.4 is 5.73 Å². The van der Waals surface area contributed by atoms with Crippen LogP contribution in [0.25, 0.3) is 0 Å². The van der Waals surface area contributed by atoms with Crippen molar-refractivity contribution < 1.29 is 5.11 Å². The molecule has 0 aliphatic carbocycles. The van der Waals surface area contributed by atoms with Crippen LogP contribution in [-0.2, 0) is 6.42 Å². The van der Waals surface area contributed by atoms with Crippen LogP contribution in [-0.4, -0.2) is 36.2 Å². The molecule has 0 heterocycles. The van der Waals surface area contributed by atoms with E-state index in [4.69, 9.17) is 5.73 Å². The second kappa shape index (κ2) is 12.3. The monoisotopic (exact) mass is 334 g/mol. The number of phenolic OH excluding ortho intramolecular Hbond substituents is 1. The van der Waals surface area contributed by atoms with E-state index in [2.05, 4.69) is 25.9 Å². The summed E-state index contributed by atoms with van der Waals surface area (Å²) in [5, 5.41) is 9.98. The highest BCUT2D eigenvalue weighted by atomic mass is 16.3. The highest BCUT2D eigenvalue weighted by Crippen LogP contribution is 2.21. The lowest BCUT2D eigenvalue weighted by atomic mass is 9.96. The summed E-state index contributed by atoms with van der Waals surface area (Å²) in [5.41, 5.74) is 7.35. The first kappa shape index (κ1) is 21.0. The van der Waals surface area contributed by atoms with Crippen molar-refractivity contribution in [3.05, 3.63) is 29.8 Å². The third kappa shape index (κ3) is 8.70. The number of para-hydroxylation sites is 1. The number of nitrogens with zero attached hydrogens (tertiary/aromatic N) is 1. The Labute approximate surface area is 149 Å². The Morgan fingerprint density at radius 2 is 1.62 bits per heavy atom. The van der Waals surface area contributed by atoms with Gasteiger partial charge in [-0.25, -0.2) is 0 Å². The van der Waals surface area contributed by atoms with Crippen molar-refractivity contribution in [3.63, 3.8) is 0 Å². The standard InChI is InChI=1S/C21H38N2O/c1-4-5-6-7-8-9-13-19(22)15-16-20(23(2)3)17-18-12-10-11-14-21(18)24/h10-12,14,19-20,24H,4-9,13,15-17,22H2,1-3H3. The first-order valence-electron chi connectivity index (χ1n) is 9.73. The fourth-order valence-corrected chi connectivity index (χ4v) is 3.22. The fraction of sp³-hybridized carbons (Fsp3) is 0.714. The molecular weight excluding hydrogens is 296 g/mol. The van der Waals surface area contributed by atoms with E-state index in [1.165, 1.54) is 38.5 Å². The van der Waals surface area contributed by atoms with E-state index in [0.717, 1.165) is 31.2 Å². The predicted octanol–water partition coefficient (Wildman–Crippen LogP) is 4.72. The predicted molar refractivity (Wildman–Crippen MR) is 104 cm³/mol. The van der Waals surface area contributed by atoms with Crippen molar-refractivity contribution >= 4 is 0 Å². The van der Waals surface area contributed by atoms with E-state index in [-0.39, 0.29) is 0 Å². The quantitative estimate of drug-likeness (QED) is 0.513. The van der Waals surface area contributed by atoms with Crippen LogP contribution in [0.2, 0.25) is 0 Å². The van der Waals surface area contributed by atoms with Crippen LogP contribution in [0.5, 0.6) is 5.75 Å². The maximum Gasteiger partial charge on any atom is 0.118 e. The van der Waals surface area contributed by atoms with Gasteiger partial charge < -0.3 is 15.7 Å². The number of hydrogen-bond acceptors (Lipinski definition) is 3. The summed E-state index contributed by atoms with van der Waals surface area (Å²) >= 11 is 0. The maximum atomic E-state index is 9.98. The van der Waals surface area contributed by atoms with Crippen molar-refractivity contribution in [1.82, 2.24) is 4.90 Å². The zero-order valence-corrected chi connectivity index (χ0v) is 16.0. The van der Waals surface area contributed by atoms with Gasteiger partial charge in [-0.2, -0.15) is 0 Å². The molecule has 0 spiro atoms. The molecule has 0 radical (unpaired) electrons. The Hall–Kier alpha value is -1.06. The number of rotatable bonds is 13. The summed E-state index contributed by atoms with van der Waals surface area (Å²) in [6.07, 6.45) is 12.1. The molecule has 0 fully saturated rings. The van der Waals surface area contributed by atoms with Gasteiger partial charge >= 0.3 is 0 Å². The molecule has 0 amide bonds. The highest BCUT2D eigenvalue weighted by molar-refractivity contribution is 5.32. The molecule has 1 rings (SSSR count). The van der Waals surface area contributed by atoms with E-state index < -0.39 is 0 Å². The zero-order chi connectivity index (χ0) is 17.8. The molecule has 0 aliphatic rings. The van der Waals surface area contributed by atoms with Gasteiger partial charge in [-0.3, -0.25) is 0 Å². The zero-order valence-electron chi connectivity index (χ0n) is 16.0. The maximum absolute atomic E-state index is 9.98. The van der Waals surface area contributed by atoms with Gasteiger partial charge in [0.25, 0.3) is 0 Å². The van der Waals surface area contributed by atoms with Crippen molar-refractivity contribution in [2.45, 2.75) is 83.2 Å². The SMILES string of the molecule is CCCCCCCCC(N)CCC(Cc1ccccc1O)N(C)C. The fourth-order valence-electron chi connectivity index (χ4n) is 3.22. The van der Waals surface area contributed by atoms with Crippen LogP contribution in [0.3, 0.4) is 0 Å². The molecule has 0 aliphatic heterocycles. The summed E-state index contributed by atoms with van der Waals surface area (Å²) in [6.45, 7) is 2.26. The second-order valence-corrected chi connectivity index (χ2v) is 7.34. The van der Waals surface area contributed by atoms with Crippen LogP contribution in [0, 0.1) is 0 Å². The lowest BCUT2D eigenvalue weighted by molar-refractivity contribution is 0.263. The smallest absolute Gasteiger partial charge is 0.118 e. The largest absolute Gasteiger partial charge is 0.508 e. The van der Waals surface area contributed by atoms with Gasteiger partial charge in [-0.1, -0.05) is 63.6 Å². The van der Waals surface area contributed by atoms with E-state index in [9.17, 15) is 5.11 Å². The minimum absolute atomic E-state index is 0.308. The topological polar surface area (TPSA) is 49.5 Å². The lowest BCUT2D eigenvalue weighted by Crippen LogP contribution is -2.32. The summed E-state index contributed by atoms with van der Waals surface area (Å²) in [7, 11) is 4.23. The highest BCUT2D eigenvalue weighted by Gasteiger charge is 2.15. The molecule has 0 saturated carbocycles. The molecule has 2 atom stereocenters. The normalized spacial score (nSPS) is 14.0. The molecular formula is C21H38N2O. The van der Waals surface area contributed by atoms with E-state index in [0.29, 0.717) is 17.8 Å². The van der Waals surface area contributed by atoms with E-state index in [1.54, 1.807) is 6.07 Å². The molecule has 3 N–H and O–H groups in total. The number of nitrogens with two attached hydrogens (primary N) is 1. The molecule has 0 bridgehead atoms. The average molecular weight is 335 g/mol. The summed E-state index contributed by atoms with van der Waals surface area (Å²) in [6, 6.07) is 8.39. The molecule has 138 valence electrons. The summed E-state index contributed by atoms with van der Waals surface area (Å²) in [4.78, 5) is 2.25. The van der Waals surface area contributed by atoms with E-state index in [1.807, 2.05) is 18.2 Å². The molecule has 1 aromatic rings. The first-order chi connectivity index (χ1) is 11.5. The van der Waals surface area contributed by atoms with Gasteiger partial charge in [-0.05, 0) is 51.4 Å². The summed E-state index contributed by atoms with van der Waals surface area (Å²) in [5.74, 6) is 0.403. The molecule has 2 unspecified atom stereocenters. The Bertz CT molecular complexity index is 434. The molecule has 3 heteroatoms. The number of aromatic hydroxyl groups is 1. The van der Waals surface area contributed by atoms with Crippen LogP contribution in [0.4, 0.5) is 0 Å². The molecule has 24 heavy (non-hydrogen) atoms. The molecule has 3 nitrogen and oxygen atoms in total. The lowest BCUT2D eigenvalue weighted by Gasteiger charge is -2.26. The van der Waals surface area contributed by atoms with Crippen LogP contribution >= 0.6 is 0 Å². The second-order valence-electron chi connectivity index (χ2n) is 7.34. The third-order valence-electron chi connectivity index (χ3n) is 4.98. The van der Waals surface area contributed by atoms with Crippen LogP contribution in [0.15, 0.2) is 24.3 Å². The Morgan fingerprint density at radius 1 is 0.958 bits per heavy atom. The van der Waals surface area contributed by atoms with Crippen LogP contribution in [0.1, 0.15) is 70.3 Å². The number of benzene rings is 1. The molecule has 1 aromatic carbocycles. The average Bonchev–Trinajstić information content (AvgIpc) is 2.56. The Balaban J connectivity index is 2.29. The minimum Gasteiger partial charge on any atom is -0.508 e. The Morgan fingerprint density at radius 3 is 2.29 bits per heavy atom. The third-order valence-corrected chi connectivity index (χ3v) is 4.98. The number of phenols is 1. The Kier molecular flexibility index (Phi) is 10.8. The van der Waals surface area contributed by atoms with Gasteiger partial charge in [0.2, 0.25) is 0 Å². The van der Waals surface area contributed by atoms with Gasteiger partial charge in [0.05, 0.1) is 0 Å². The van der Waals surface area contributed by atoms with Crippen molar-refractivity contribution in [3.8, 4) is 5.75 Å². The molecule has 0 saturated heterocycles. The van der Waals surface area contributed by atoms with Gasteiger partial charge in [0.1, 0.15) is 5.75 Å². The number of hydrogen-bond donors (Lipinski definition) is 2. The number of likely N-dealkylation sites (N-methyl/N-ethyl adjacent to an activating group) is 1. The first-order valence-corrected chi connectivity index (χ1v) is 9.73. The van der Waals surface area contributed by atoms with Gasteiger partial charge in [0.15, 0.2) is 0 Å². The summed E-state index contributed by atoms with van der Waals surface area (Å²) < 4.78 is 0. The number of unbranched alkanes of at least 4 members (excludes halogenated alkanes) is 5.